The summed E-state index contributed by atoms with van der Waals surface area (Å²) >= 11 is 0. The number of ether oxygens (including phenoxy) is 1. The van der Waals surface area contributed by atoms with Crippen LogP contribution in [0.3, 0.4) is 0 Å². The molecule has 3 aromatic rings. The predicted molar refractivity (Wildman–Crippen MR) is 125 cm³/mol. The lowest BCUT2D eigenvalue weighted by Crippen LogP contribution is -2.57. The Morgan fingerprint density at radius 3 is 1.97 bits per heavy atom. The molecule has 0 radical (unpaired) electrons. The highest BCUT2D eigenvalue weighted by molar-refractivity contribution is 6.21. The molecule has 6 rings (SSSR count). The van der Waals surface area contributed by atoms with E-state index in [9.17, 15) is 14.4 Å². The van der Waals surface area contributed by atoms with E-state index in [2.05, 4.69) is 12.1 Å². The van der Waals surface area contributed by atoms with Crippen LogP contribution in [0.25, 0.3) is 0 Å². The number of fused-ring (bicyclic) bond motifs is 3. The van der Waals surface area contributed by atoms with Crippen molar-refractivity contribution in [2.45, 2.75) is 43.4 Å². The first-order valence-corrected chi connectivity index (χ1v) is 11.7. The molecular weight excluding hydrogens is 428 g/mol. The number of carbonyl (C=O) groups is 3. The van der Waals surface area contributed by atoms with Gasteiger partial charge in [-0.2, -0.15) is 0 Å². The Kier molecular flexibility index (Phi) is 5.03. The second-order valence-corrected chi connectivity index (χ2v) is 9.19. The van der Waals surface area contributed by atoms with E-state index in [0.717, 1.165) is 6.42 Å². The van der Waals surface area contributed by atoms with Gasteiger partial charge < -0.3 is 4.74 Å². The quantitative estimate of drug-likeness (QED) is 0.432. The first-order valence-electron chi connectivity index (χ1n) is 11.7. The Balaban J connectivity index is 1.31. The van der Waals surface area contributed by atoms with E-state index >= 15 is 0 Å². The third-order valence-corrected chi connectivity index (χ3v) is 7.26. The first kappa shape index (κ1) is 20.8. The zero-order valence-corrected chi connectivity index (χ0v) is 18.5. The molecule has 2 amide bonds. The maximum Gasteiger partial charge on any atom is 0.338 e. The van der Waals surface area contributed by atoms with Gasteiger partial charge in [-0.15, -0.1) is 0 Å². The van der Waals surface area contributed by atoms with E-state index in [1.807, 2.05) is 41.4 Å². The molecule has 0 aromatic heterocycles. The van der Waals surface area contributed by atoms with Gasteiger partial charge in [0.05, 0.1) is 16.7 Å². The number of hydrogen-bond donors (Lipinski definition) is 0. The van der Waals surface area contributed by atoms with Crippen molar-refractivity contribution in [2.24, 2.45) is 0 Å². The number of imide groups is 1. The van der Waals surface area contributed by atoms with E-state index in [1.165, 1.54) is 10.6 Å². The fourth-order valence-corrected chi connectivity index (χ4v) is 5.81. The van der Waals surface area contributed by atoms with Gasteiger partial charge in [-0.3, -0.25) is 9.59 Å². The number of rotatable bonds is 4. The third-order valence-electron chi connectivity index (χ3n) is 7.26. The van der Waals surface area contributed by atoms with Gasteiger partial charge in [-0.25, -0.2) is 14.8 Å². The van der Waals surface area contributed by atoms with Gasteiger partial charge in [-0.1, -0.05) is 60.7 Å². The molecule has 0 spiro atoms. The summed E-state index contributed by atoms with van der Waals surface area (Å²) in [6.07, 6.45) is 1.65. The van der Waals surface area contributed by atoms with Crippen molar-refractivity contribution in [1.82, 2.24) is 10.0 Å². The Bertz CT molecular complexity index is 1220. The molecular formula is C28H24N2O4. The monoisotopic (exact) mass is 452 g/mol. The Hall–Kier alpha value is -3.77. The Labute approximate surface area is 197 Å². The van der Waals surface area contributed by atoms with E-state index in [1.54, 1.807) is 36.4 Å². The molecule has 2 bridgehead atoms. The highest BCUT2D eigenvalue weighted by Crippen LogP contribution is 2.47. The Morgan fingerprint density at radius 2 is 1.32 bits per heavy atom. The Morgan fingerprint density at radius 1 is 0.735 bits per heavy atom. The first-order chi connectivity index (χ1) is 16.6. The molecule has 3 aliphatic heterocycles. The molecule has 2 saturated heterocycles. The lowest BCUT2D eigenvalue weighted by atomic mass is 9.90. The van der Waals surface area contributed by atoms with Crippen molar-refractivity contribution in [1.29, 1.82) is 0 Å². The summed E-state index contributed by atoms with van der Waals surface area (Å²) in [4.78, 5) is 39.3. The van der Waals surface area contributed by atoms with Crippen molar-refractivity contribution in [3.05, 3.63) is 107 Å². The highest BCUT2D eigenvalue weighted by Gasteiger charge is 2.54. The minimum absolute atomic E-state index is 0.0836. The smallest absolute Gasteiger partial charge is 0.338 e. The van der Waals surface area contributed by atoms with Crippen LogP contribution in [0, 0.1) is 0 Å². The average Bonchev–Trinajstić information content (AvgIpc) is 3.25. The fourth-order valence-electron chi connectivity index (χ4n) is 5.81. The third kappa shape index (κ3) is 3.33. The van der Waals surface area contributed by atoms with Crippen LogP contribution in [0.5, 0.6) is 0 Å². The zero-order valence-electron chi connectivity index (χ0n) is 18.5. The summed E-state index contributed by atoms with van der Waals surface area (Å²) in [5.41, 5.74) is 2.59. The molecule has 0 unspecified atom stereocenters. The lowest BCUT2D eigenvalue weighted by Gasteiger charge is -2.42. The molecule has 4 atom stereocenters. The van der Waals surface area contributed by atoms with Crippen molar-refractivity contribution in [2.75, 3.05) is 0 Å². The van der Waals surface area contributed by atoms with Gasteiger partial charge in [0.1, 0.15) is 6.10 Å². The topological polar surface area (TPSA) is 66.9 Å². The zero-order chi connectivity index (χ0) is 23.2. The number of esters is 1. The molecule has 2 fully saturated rings. The number of benzene rings is 3. The van der Waals surface area contributed by atoms with Gasteiger partial charge in [0.15, 0.2) is 0 Å². The van der Waals surface area contributed by atoms with Crippen LogP contribution in [0.15, 0.2) is 84.9 Å². The van der Waals surface area contributed by atoms with Gasteiger partial charge in [0.2, 0.25) is 0 Å². The molecule has 0 saturated carbocycles. The van der Waals surface area contributed by atoms with Crippen LogP contribution in [0.2, 0.25) is 0 Å². The number of carbonyl (C=O) groups excluding carboxylic acids is 3. The summed E-state index contributed by atoms with van der Waals surface area (Å²) in [5, 5.41) is 3.33. The van der Waals surface area contributed by atoms with E-state index in [-0.39, 0.29) is 41.9 Å². The van der Waals surface area contributed by atoms with E-state index < -0.39 is 0 Å². The lowest BCUT2D eigenvalue weighted by molar-refractivity contribution is -0.0738. The van der Waals surface area contributed by atoms with Crippen LogP contribution in [-0.4, -0.2) is 46.0 Å². The molecule has 34 heavy (non-hydrogen) atoms. The van der Waals surface area contributed by atoms with Crippen LogP contribution in [0.4, 0.5) is 0 Å². The summed E-state index contributed by atoms with van der Waals surface area (Å²) in [7, 11) is 0. The largest absolute Gasteiger partial charge is 0.459 e. The van der Waals surface area contributed by atoms with Gasteiger partial charge >= 0.3 is 5.97 Å². The predicted octanol–water partition coefficient (Wildman–Crippen LogP) is 4.44. The second-order valence-electron chi connectivity index (χ2n) is 9.19. The van der Waals surface area contributed by atoms with Crippen LogP contribution >= 0.6 is 0 Å². The molecule has 0 aliphatic carbocycles. The SMILES string of the molecule is O=C(O[C@@H]1C[C@H]2C[C@H](c3ccccc3)[C@@H](C1)N2N1C(=O)c2ccccc2C1=O)c1ccccc1. The normalized spacial score (nSPS) is 25.9. The average molecular weight is 453 g/mol. The van der Waals surface area contributed by atoms with Crippen molar-refractivity contribution in [3.63, 3.8) is 0 Å². The number of amides is 2. The molecule has 6 nitrogen and oxygen atoms in total. The molecule has 170 valence electrons. The molecule has 6 heteroatoms. The summed E-state index contributed by atoms with van der Waals surface area (Å²) < 4.78 is 5.91. The number of hydrogen-bond acceptors (Lipinski definition) is 5. The van der Waals surface area contributed by atoms with Gasteiger partial charge in [-0.05, 0) is 36.2 Å². The van der Waals surface area contributed by atoms with Crippen LogP contribution in [0.1, 0.15) is 61.8 Å². The van der Waals surface area contributed by atoms with Crippen molar-refractivity contribution >= 4 is 17.8 Å². The number of nitrogens with zero attached hydrogens (tertiary/aromatic N) is 2. The summed E-state index contributed by atoms with van der Waals surface area (Å²) in [5.74, 6) is -0.750. The minimum atomic E-state index is -0.338. The van der Waals surface area contributed by atoms with Crippen LogP contribution in [-0.2, 0) is 4.74 Å². The van der Waals surface area contributed by atoms with E-state index in [4.69, 9.17) is 4.74 Å². The fraction of sp³-hybridized carbons (Fsp3) is 0.250. The van der Waals surface area contributed by atoms with Crippen molar-refractivity contribution < 1.29 is 19.1 Å². The van der Waals surface area contributed by atoms with Gasteiger partial charge in [0.25, 0.3) is 11.8 Å². The van der Waals surface area contributed by atoms with E-state index in [0.29, 0.717) is 29.5 Å². The van der Waals surface area contributed by atoms with Crippen molar-refractivity contribution in [3.8, 4) is 0 Å². The van der Waals surface area contributed by atoms with Gasteiger partial charge in [0, 0.05) is 30.8 Å². The molecule has 3 heterocycles. The molecule has 0 N–H and O–H groups in total. The maximum atomic E-state index is 13.3. The number of piperidine rings is 1. The number of hydrazine groups is 1. The standard InChI is InChI=1S/C28H24N2O4/c31-26-22-13-7-8-14-23(22)27(32)30(26)29-20-15-21(34-28(33)19-11-5-2-6-12-19)17-25(29)24(16-20)18-9-3-1-4-10-18/h1-14,20-21,24-25H,15-17H2/t20-,21+,24+,25+/m0/s1. The highest BCUT2D eigenvalue weighted by atomic mass is 16.5. The maximum absolute atomic E-state index is 13.3. The summed E-state index contributed by atoms with van der Waals surface area (Å²) in [6, 6.07) is 26.0. The van der Waals surface area contributed by atoms with Crippen LogP contribution < -0.4 is 0 Å². The molecule has 3 aromatic carbocycles. The second kappa shape index (κ2) is 8.22. The summed E-state index contributed by atoms with van der Waals surface area (Å²) in [6.45, 7) is 0. The molecule has 3 aliphatic rings. The minimum Gasteiger partial charge on any atom is -0.459 e.